The molecule has 0 amide bonds. The van der Waals surface area contributed by atoms with Crippen LogP contribution in [0.25, 0.3) is 0 Å². The molecule has 4 saturated carbocycles. The number of halogens is 3. The molecule has 0 aromatic carbocycles. The molecule has 1 saturated heterocycles. The number of alkyl halides is 3. The van der Waals surface area contributed by atoms with Crippen LogP contribution >= 0.6 is 0 Å². The van der Waals surface area contributed by atoms with Gasteiger partial charge in [-0.25, -0.2) is 0 Å². The first kappa shape index (κ1) is 37.9. The summed E-state index contributed by atoms with van der Waals surface area (Å²) in [6.45, 7) is 8.36. The predicted molar refractivity (Wildman–Crippen MR) is 191 cm³/mol. The summed E-state index contributed by atoms with van der Waals surface area (Å²) in [6.07, 6.45) is 16.2. The predicted octanol–water partition coefficient (Wildman–Crippen LogP) is 9.75. The second-order valence-corrected chi connectivity index (χ2v) is 17.8. The van der Waals surface area contributed by atoms with E-state index in [9.17, 15) is 23.4 Å². The number of nitrogens with zero attached hydrogens (tertiary/aromatic N) is 1. The Hall–Kier alpha value is -0.890. The Morgan fingerprint density at radius 2 is 1.61 bits per heavy atom. The van der Waals surface area contributed by atoms with Crippen LogP contribution in [0.2, 0.25) is 0 Å². The molecular formula is C42H68F3NO3. The zero-order valence-electron chi connectivity index (χ0n) is 30.7. The van der Waals surface area contributed by atoms with Gasteiger partial charge in [-0.3, -0.25) is 4.90 Å². The molecule has 49 heavy (non-hydrogen) atoms. The Morgan fingerprint density at radius 1 is 0.898 bits per heavy atom. The molecule has 11 atom stereocenters. The number of ether oxygens (including phenoxy) is 1. The van der Waals surface area contributed by atoms with Gasteiger partial charge in [0.2, 0.25) is 0 Å². The standard InChI is InChI=1S/C42H68F3NO3/c1-4-28-5-7-29(8-6-28)9-12-32-13-14-33(25-38(32)42(43,44)45)27(2)41(48)34-15-16-35(26-47)37(24-34)40-36-17-10-30(11-18-39(36)46(40)3)23-31-19-21-49-22-20-31/h19,28-30,32-41,47-48H,2,4-18,20-26H2,1,3H3. The zero-order chi connectivity index (χ0) is 34.7. The highest BCUT2D eigenvalue weighted by molar-refractivity contribution is 5.14. The minimum absolute atomic E-state index is 0.00652. The lowest BCUT2D eigenvalue weighted by molar-refractivity contribution is -0.201. The van der Waals surface area contributed by atoms with Gasteiger partial charge in [-0.05, 0) is 149 Å². The fraction of sp³-hybridized carbons (Fsp3) is 0.905. The Kier molecular flexibility index (Phi) is 13.0. The van der Waals surface area contributed by atoms with E-state index in [4.69, 9.17) is 4.74 Å². The summed E-state index contributed by atoms with van der Waals surface area (Å²) in [7, 11) is 2.27. The maximum absolute atomic E-state index is 14.5. The molecule has 6 aliphatic rings. The number of hydrogen-bond acceptors (Lipinski definition) is 4. The molecule has 0 aromatic heterocycles. The molecule has 0 aromatic rings. The van der Waals surface area contributed by atoms with E-state index in [2.05, 4.69) is 31.5 Å². The first-order chi connectivity index (χ1) is 23.6. The van der Waals surface area contributed by atoms with Crippen molar-refractivity contribution in [3.8, 4) is 0 Å². The highest BCUT2D eigenvalue weighted by atomic mass is 19.4. The summed E-state index contributed by atoms with van der Waals surface area (Å²) < 4.78 is 49.1. The SMILES string of the molecule is C=C(C1CCC(CCC2CCC(CC)CC2)C(C(F)(F)F)C1)C(O)C1CCC(CO)C(C2C3CCC(CC4=CCOCC4)CCC3N2C)C1. The molecule has 5 fully saturated rings. The van der Waals surface area contributed by atoms with Gasteiger partial charge in [-0.2, -0.15) is 13.2 Å². The third kappa shape index (κ3) is 8.84. The van der Waals surface area contributed by atoms with Crippen LogP contribution in [0.1, 0.15) is 129 Å². The maximum Gasteiger partial charge on any atom is 0.392 e. The second-order valence-electron chi connectivity index (χ2n) is 17.8. The van der Waals surface area contributed by atoms with Gasteiger partial charge >= 0.3 is 6.18 Å². The molecule has 0 spiro atoms. The smallest absolute Gasteiger partial charge is 0.392 e. The number of rotatable bonds is 11. The lowest BCUT2D eigenvalue weighted by Crippen LogP contribution is -2.66. The number of aliphatic hydroxyl groups is 2. The molecule has 4 aliphatic carbocycles. The van der Waals surface area contributed by atoms with Gasteiger partial charge in [0.15, 0.2) is 0 Å². The summed E-state index contributed by atoms with van der Waals surface area (Å²) in [6, 6.07) is 1.01. The number of hydrogen-bond donors (Lipinski definition) is 2. The first-order valence-corrected chi connectivity index (χ1v) is 20.6. The van der Waals surface area contributed by atoms with Crippen molar-refractivity contribution in [3.05, 3.63) is 23.8 Å². The summed E-state index contributed by atoms with van der Waals surface area (Å²) in [5.74, 6) is 1.43. The van der Waals surface area contributed by atoms with Gasteiger partial charge in [-0.15, -0.1) is 0 Å². The zero-order valence-corrected chi connectivity index (χ0v) is 30.7. The van der Waals surface area contributed by atoms with Crippen LogP contribution in [-0.2, 0) is 4.74 Å². The lowest BCUT2D eigenvalue weighted by Gasteiger charge is -2.59. The first-order valence-electron chi connectivity index (χ1n) is 20.6. The molecule has 0 bridgehead atoms. The van der Waals surface area contributed by atoms with Crippen molar-refractivity contribution in [3.63, 3.8) is 0 Å². The number of fused-ring (bicyclic) bond motifs is 1. The minimum Gasteiger partial charge on any atom is -0.396 e. The summed E-state index contributed by atoms with van der Waals surface area (Å²) in [5.41, 5.74) is 2.22. The normalized spacial score (nSPS) is 41.6. The molecular weight excluding hydrogens is 623 g/mol. The fourth-order valence-electron chi connectivity index (χ4n) is 12.1. The summed E-state index contributed by atoms with van der Waals surface area (Å²) in [5, 5.41) is 22.3. The molecule has 2 aliphatic heterocycles. The average Bonchev–Trinajstić information content (AvgIpc) is 3.29. The molecule has 11 unspecified atom stereocenters. The number of aliphatic hydroxyl groups excluding tert-OH is 2. The largest absolute Gasteiger partial charge is 0.396 e. The quantitative estimate of drug-likeness (QED) is 0.212. The van der Waals surface area contributed by atoms with Crippen LogP contribution in [0.15, 0.2) is 23.8 Å². The van der Waals surface area contributed by atoms with Crippen molar-refractivity contribution in [1.82, 2.24) is 4.90 Å². The molecule has 280 valence electrons. The molecule has 2 heterocycles. The van der Waals surface area contributed by atoms with E-state index < -0.39 is 18.2 Å². The average molecular weight is 692 g/mol. The van der Waals surface area contributed by atoms with Crippen LogP contribution < -0.4 is 0 Å². The van der Waals surface area contributed by atoms with Crippen LogP contribution in [0.5, 0.6) is 0 Å². The van der Waals surface area contributed by atoms with Crippen molar-refractivity contribution in [2.24, 2.45) is 59.2 Å². The van der Waals surface area contributed by atoms with E-state index in [1.54, 1.807) is 5.57 Å². The topological polar surface area (TPSA) is 52.9 Å². The van der Waals surface area contributed by atoms with Crippen molar-refractivity contribution >= 4 is 0 Å². The van der Waals surface area contributed by atoms with Crippen LogP contribution in [0.4, 0.5) is 13.2 Å². The second kappa shape index (κ2) is 16.8. The van der Waals surface area contributed by atoms with E-state index >= 15 is 0 Å². The third-order valence-corrected chi connectivity index (χ3v) is 15.3. The molecule has 4 nitrogen and oxygen atoms in total. The van der Waals surface area contributed by atoms with Gasteiger partial charge in [0.05, 0.1) is 25.2 Å². The van der Waals surface area contributed by atoms with Crippen molar-refractivity contribution in [2.45, 2.75) is 153 Å². The van der Waals surface area contributed by atoms with E-state index in [1.807, 2.05) is 0 Å². The Bertz CT molecular complexity index is 1100. The van der Waals surface area contributed by atoms with Gasteiger partial charge in [-0.1, -0.05) is 63.7 Å². The van der Waals surface area contributed by atoms with Gasteiger partial charge < -0.3 is 14.9 Å². The fourth-order valence-corrected chi connectivity index (χ4v) is 12.1. The van der Waals surface area contributed by atoms with Crippen LogP contribution in [0.3, 0.4) is 0 Å². The van der Waals surface area contributed by atoms with E-state index in [0.29, 0.717) is 54.7 Å². The van der Waals surface area contributed by atoms with E-state index in [0.717, 1.165) is 57.2 Å². The van der Waals surface area contributed by atoms with Gasteiger partial charge in [0.25, 0.3) is 0 Å². The van der Waals surface area contributed by atoms with Crippen LogP contribution in [-0.4, -0.2) is 66.3 Å². The van der Waals surface area contributed by atoms with E-state index in [1.165, 1.54) is 64.2 Å². The van der Waals surface area contributed by atoms with Crippen molar-refractivity contribution < 1.29 is 28.1 Å². The van der Waals surface area contributed by atoms with Crippen molar-refractivity contribution in [1.29, 1.82) is 0 Å². The highest BCUT2D eigenvalue weighted by Gasteiger charge is 2.54. The molecule has 7 heteroatoms. The van der Waals surface area contributed by atoms with Crippen LogP contribution in [0, 0.1) is 59.2 Å². The molecule has 2 N–H and O–H groups in total. The van der Waals surface area contributed by atoms with Gasteiger partial charge in [0.1, 0.15) is 0 Å². The molecule has 0 radical (unpaired) electrons. The monoisotopic (exact) mass is 692 g/mol. The molecule has 6 rings (SSSR count). The summed E-state index contributed by atoms with van der Waals surface area (Å²) in [4.78, 5) is 2.59. The van der Waals surface area contributed by atoms with Crippen molar-refractivity contribution in [2.75, 3.05) is 26.9 Å². The van der Waals surface area contributed by atoms with Gasteiger partial charge in [0, 0.05) is 18.7 Å². The number of likely N-dealkylation sites (tertiary alicyclic amines) is 1. The van der Waals surface area contributed by atoms with E-state index in [-0.39, 0.29) is 36.7 Å². The Labute approximate surface area is 295 Å². The Balaban J connectivity index is 1.04. The maximum atomic E-state index is 14.5. The summed E-state index contributed by atoms with van der Waals surface area (Å²) >= 11 is 0. The highest BCUT2D eigenvalue weighted by Crippen LogP contribution is 2.53. The minimum atomic E-state index is -4.20. The Morgan fingerprint density at radius 3 is 2.31 bits per heavy atom. The third-order valence-electron chi connectivity index (χ3n) is 15.3. The lowest BCUT2D eigenvalue weighted by atomic mass is 9.60.